The van der Waals surface area contributed by atoms with Crippen LogP contribution in [0.3, 0.4) is 0 Å². The van der Waals surface area contributed by atoms with E-state index in [0.29, 0.717) is 5.15 Å². The second kappa shape index (κ2) is 3.97. The number of fused-ring (bicyclic) bond motifs is 1. The van der Waals surface area contributed by atoms with E-state index in [-0.39, 0.29) is 0 Å². The monoisotopic (exact) mass is 243 g/mol. The van der Waals surface area contributed by atoms with Crippen LogP contribution in [0, 0.1) is 6.92 Å². The van der Waals surface area contributed by atoms with Crippen LogP contribution in [0.15, 0.2) is 29.3 Å². The molecular formula is C10H7Cl2NS. The maximum absolute atomic E-state index is 5.99. The summed E-state index contributed by atoms with van der Waals surface area (Å²) < 4.78 is 0. The molecule has 0 saturated carbocycles. The standard InChI is InChI=1S/C10H7Cl2NS/c1-6-5-13-10(11)9-4-7(14-12)2-3-8(6)9/h2-5H,1H3. The molecule has 1 aromatic carbocycles. The van der Waals surface area contributed by atoms with Gasteiger partial charge in [0.1, 0.15) is 5.15 Å². The van der Waals surface area contributed by atoms with E-state index < -0.39 is 0 Å². The van der Waals surface area contributed by atoms with E-state index in [1.165, 1.54) is 11.0 Å². The van der Waals surface area contributed by atoms with Gasteiger partial charge in [0.15, 0.2) is 0 Å². The first-order valence-electron chi connectivity index (χ1n) is 4.06. The lowest BCUT2D eigenvalue weighted by molar-refractivity contribution is 1.30. The third kappa shape index (κ3) is 1.70. The predicted molar refractivity (Wildman–Crippen MR) is 63.2 cm³/mol. The van der Waals surface area contributed by atoms with Gasteiger partial charge in [-0.3, -0.25) is 0 Å². The van der Waals surface area contributed by atoms with Gasteiger partial charge in [0, 0.05) is 16.5 Å². The molecule has 0 fully saturated rings. The highest BCUT2D eigenvalue weighted by atomic mass is 35.7. The molecule has 0 atom stereocenters. The minimum Gasteiger partial charge on any atom is -0.244 e. The van der Waals surface area contributed by atoms with Crippen molar-refractivity contribution in [1.82, 2.24) is 4.98 Å². The third-order valence-electron chi connectivity index (χ3n) is 2.10. The fraction of sp³-hybridized carbons (Fsp3) is 0.100. The van der Waals surface area contributed by atoms with Gasteiger partial charge in [0.05, 0.1) is 0 Å². The Labute approximate surface area is 95.9 Å². The minimum atomic E-state index is 0.526. The number of hydrogen-bond donors (Lipinski definition) is 0. The highest BCUT2D eigenvalue weighted by Gasteiger charge is 2.04. The summed E-state index contributed by atoms with van der Waals surface area (Å²) in [5.41, 5.74) is 1.12. The Morgan fingerprint density at radius 1 is 1.29 bits per heavy atom. The lowest BCUT2D eigenvalue weighted by Gasteiger charge is -2.04. The summed E-state index contributed by atoms with van der Waals surface area (Å²) in [6.45, 7) is 2.01. The smallest absolute Gasteiger partial charge is 0.136 e. The molecule has 1 nitrogen and oxygen atoms in total. The van der Waals surface area contributed by atoms with Gasteiger partial charge < -0.3 is 0 Å². The summed E-state index contributed by atoms with van der Waals surface area (Å²) in [7, 11) is 6.86. The molecular weight excluding hydrogens is 237 g/mol. The highest BCUT2D eigenvalue weighted by molar-refractivity contribution is 8.21. The van der Waals surface area contributed by atoms with Crippen LogP contribution < -0.4 is 0 Å². The van der Waals surface area contributed by atoms with Crippen molar-refractivity contribution < 1.29 is 0 Å². The molecule has 0 aliphatic rings. The Bertz CT molecular complexity index is 485. The lowest BCUT2D eigenvalue weighted by Crippen LogP contribution is -1.84. The van der Waals surface area contributed by atoms with E-state index in [0.717, 1.165) is 21.2 Å². The molecule has 0 aliphatic heterocycles. The summed E-state index contributed by atoms with van der Waals surface area (Å²) in [5, 5.41) is 2.61. The molecule has 0 unspecified atom stereocenters. The first-order chi connectivity index (χ1) is 6.72. The minimum absolute atomic E-state index is 0.526. The third-order valence-corrected chi connectivity index (χ3v) is 3.37. The van der Waals surface area contributed by atoms with E-state index in [4.69, 9.17) is 22.3 Å². The number of halogens is 2. The molecule has 2 aromatic rings. The van der Waals surface area contributed by atoms with Crippen LogP contribution in [0.1, 0.15) is 5.56 Å². The summed E-state index contributed by atoms with van der Waals surface area (Å²) in [4.78, 5) is 5.08. The molecule has 1 heterocycles. The van der Waals surface area contributed by atoms with Crippen LogP contribution in [0.25, 0.3) is 10.8 Å². The first-order valence-corrected chi connectivity index (χ1v) is 6.08. The molecule has 14 heavy (non-hydrogen) atoms. The molecule has 1 aromatic heterocycles. The van der Waals surface area contributed by atoms with Crippen molar-refractivity contribution in [1.29, 1.82) is 0 Å². The van der Waals surface area contributed by atoms with Crippen LogP contribution in [0.4, 0.5) is 0 Å². The summed E-state index contributed by atoms with van der Waals surface area (Å²) >= 11 is 5.99. The van der Waals surface area contributed by atoms with E-state index in [2.05, 4.69) is 4.98 Å². The molecule has 0 amide bonds. The lowest BCUT2D eigenvalue weighted by atomic mass is 10.1. The number of rotatable bonds is 1. The summed E-state index contributed by atoms with van der Waals surface area (Å²) in [6.07, 6.45) is 1.78. The highest BCUT2D eigenvalue weighted by Crippen LogP contribution is 2.30. The fourth-order valence-corrected chi connectivity index (χ4v) is 2.15. The Morgan fingerprint density at radius 2 is 2.07 bits per heavy atom. The molecule has 0 aliphatic carbocycles. The normalized spacial score (nSPS) is 10.8. The number of pyridine rings is 1. The largest absolute Gasteiger partial charge is 0.244 e. The van der Waals surface area contributed by atoms with E-state index >= 15 is 0 Å². The Balaban J connectivity index is 2.80. The van der Waals surface area contributed by atoms with Crippen molar-refractivity contribution >= 4 is 44.0 Å². The molecule has 0 radical (unpaired) electrons. The molecule has 2 rings (SSSR count). The van der Waals surface area contributed by atoms with Crippen molar-refractivity contribution in [3.63, 3.8) is 0 Å². The number of aryl methyl sites for hydroxylation is 1. The zero-order chi connectivity index (χ0) is 10.1. The number of hydrogen-bond acceptors (Lipinski definition) is 2. The second-order valence-electron chi connectivity index (χ2n) is 3.02. The fourth-order valence-electron chi connectivity index (χ4n) is 1.38. The van der Waals surface area contributed by atoms with Gasteiger partial charge in [-0.15, -0.1) is 0 Å². The number of aromatic nitrogens is 1. The van der Waals surface area contributed by atoms with E-state index in [9.17, 15) is 0 Å². The SMILES string of the molecule is Cc1cnc(Cl)c2cc(SCl)ccc12. The number of benzene rings is 1. The molecule has 4 heteroatoms. The van der Waals surface area contributed by atoms with Crippen LogP contribution in [0.5, 0.6) is 0 Å². The molecule has 0 bridgehead atoms. The molecule has 0 N–H and O–H groups in total. The van der Waals surface area contributed by atoms with Gasteiger partial charge in [-0.2, -0.15) is 0 Å². The maximum atomic E-state index is 5.99. The maximum Gasteiger partial charge on any atom is 0.136 e. The Hall–Kier alpha value is -0.440. The van der Waals surface area contributed by atoms with Crippen LogP contribution in [0.2, 0.25) is 5.15 Å². The van der Waals surface area contributed by atoms with Crippen molar-refractivity contribution in [2.75, 3.05) is 0 Å². The molecule has 0 spiro atoms. The van der Waals surface area contributed by atoms with Crippen molar-refractivity contribution in [3.8, 4) is 0 Å². The van der Waals surface area contributed by atoms with Gasteiger partial charge in [-0.25, -0.2) is 4.98 Å². The zero-order valence-electron chi connectivity index (χ0n) is 7.42. The van der Waals surface area contributed by atoms with Crippen molar-refractivity contribution in [2.24, 2.45) is 0 Å². The Morgan fingerprint density at radius 3 is 2.79 bits per heavy atom. The van der Waals surface area contributed by atoms with Crippen LogP contribution in [-0.4, -0.2) is 4.98 Å². The molecule has 0 saturated heterocycles. The average Bonchev–Trinajstić information content (AvgIpc) is 2.23. The zero-order valence-corrected chi connectivity index (χ0v) is 9.75. The summed E-state index contributed by atoms with van der Waals surface area (Å²) in [6, 6.07) is 5.95. The topological polar surface area (TPSA) is 12.9 Å². The van der Waals surface area contributed by atoms with Gasteiger partial charge in [0.25, 0.3) is 0 Å². The molecule has 72 valence electrons. The van der Waals surface area contributed by atoms with E-state index in [1.54, 1.807) is 6.20 Å². The van der Waals surface area contributed by atoms with Crippen molar-refractivity contribution in [2.45, 2.75) is 11.8 Å². The van der Waals surface area contributed by atoms with Crippen LogP contribution in [-0.2, 0) is 0 Å². The van der Waals surface area contributed by atoms with Gasteiger partial charge >= 0.3 is 0 Å². The first kappa shape index (κ1) is 10.1. The van der Waals surface area contributed by atoms with Gasteiger partial charge in [-0.05, 0) is 51.7 Å². The van der Waals surface area contributed by atoms with Gasteiger partial charge in [-0.1, -0.05) is 17.7 Å². The number of nitrogens with zero attached hydrogens (tertiary/aromatic N) is 1. The quantitative estimate of drug-likeness (QED) is 0.687. The van der Waals surface area contributed by atoms with E-state index in [1.807, 2.05) is 25.1 Å². The summed E-state index contributed by atoms with van der Waals surface area (Å²) in [5.74, 6) is 0. The van der Waals surface area contributed by atoms with Crippen LogP contribution >= 0.6 is 33.3 Å². The predicted octanol–water partition coefficient (Wildman–Crippen LogP) is 4.44. The average molecular weight is 244 g/mol. The second-order valence-corrected chi connectivity index (χ2v) is 4.46. The van der Waals surface area contributed by atoms with Crippen molar-refractivity contribution in [3.05, 3.63) is 35.1 Å². The Kier molecular flexibility index (Phi) is 2.86. The van der Waals surface area contributed by atoms with Gasteiger partial charge in [0.2, 0.25) is 0 Å².